The van der Waals surface area contributed by atoms with Crippen LogP contribution >= 0.6 is 11.3 Å². The number of carbonyl (C=O) groups excluding carboxylic acids is 1. The predicted octanol–water partition coefficient (Wildman–Crippen LogP) is 3.84. The molecule has 0 saturated carbocycles. The van der Waals surface area contributed by atoms with Crippen molar-refractivity contribution in [3.05, 3.63) is 64.1 Å². The maximum absolute atomic E-state index is 13.2. The standard InChI is InChI=1S/C23H25N5O4S2/c1-4-27(5-2)34(31,32)17-8-9-21(29)20(12-17)26-23(30)18-11-15(3)25-22-19(18)13-24-28(22)14-16-7-6-10-33-16/h6-13,29H,4-5,14H2,1-3H3,(H,26,30). The van der Waals surface area contributed by atoms with E-state index in [0.717, 1.165) is 4.88 Å². The lowest BCUT2D eigenvalue weighted by atomic mass is 10.1. The van der Waals surface area contributed by atoms with Crippen LogP contribution in [0.25, 0.3) is 11.0 Å². The Morgan fingerprint density at radius 1 is 1.21 bits per heavy atom. The Hall–Kier alpha value is -3.28. The minimum atomic E-state index is -3.76. The Balaban J connectivity index is 1.68. The van der Waals surface area contributed by atoms with Crippen molar-refractivity contribution in [1.82, 2.24) is 19.1 Å². The van der Waals surface area contributed by atoms with Gasteiger partial charge in [-0.05, 0) is 42.6 Å². The fourth-order valence-corrected chi connectivity index (χ4v) is 5.88. The van der Waals surface area contributed by atoms with E-state index >= 15 is 0 Å². The van der Waals surface area contributed by atoms with Crippen molar-refractivity contribution in [2.75, 3.05) is 18.4 Å². The van der Waals surface area contributed by atoms with Crippen LogP contribution in [0.2, 0.25) is 0 Å². The molecule has 0 saturated heterocycles. The number of sulfonamides is 1. The van der Waals surface area contributed by atoms with Crippen molar-refractivity contribution in [2.24, 2.45) is 0 Å². The molecular formula is C23H25N5O4S2. The normalized spacial score (nSPS) is 11.9. The minimum Gasteiger partial charge on any atom is -0.506 e. The molecule has 3 heterocycles. The first-order valence-corrected chi connectivity index (χ1v) is 13.1. The third kappa shape index (κ3) is 4.54. The third-order valence-corrected chi connectivity index (χ3v) is 8.33. The number of rotatable bonds is 8. The van der Waals surface area contributed by atoms with E-state index in [2.05, 4.69) is 15.4 Å². The van der Waals surface area contributed by atoms with Gasteiger partial charge in [-0.2, -0.15) is 9.40 Å². The van der Waals surface area contributed by atoms with E-state index in [4.69, 9.17) is 0 Å². The van der Waals surface area contributed by atoms with Crippen molar-refractivity contribution in [3.63, 3.8) is 0 Å². The Labute approximate surface area is 201 Å². The highest BCUT2D eigenvalue weighted by Crippen LogP contribution is 2.29. The van der Waals surface area contributed by atoms with Crippen molar-refractivity contribution < 1.29 is 18.3 Å². The van der Waals surface area contributed by atoms with Crippen LogP contribution in [0.4, 0.5) is 5.69 Å². The summed E-state index contributed by atoms with van der Waals surface area (Å²) in [5.41, 5.74) is 1.54. The van der Waals surface area contributed by atoms with E-state index in [1.54, 1.807) is 49.1 Å². The van der Waals surface area contributed by atoms with Crippen LogP contribution in [0.15, 0.2) is 52.9 Å². The molecule has 0 fully saturated rings. The summed E-state index contributed by atoms with van der Waals surface area (Å²) in [6.07, 6.45) is 1.59. The van der Waals surface area contributed by atoms with Crippen molar-refractivity contribution in [1.29, 1.82) is 0 Å². The van der Waals surface area contributed by atoms with Gasteiger partial charge in [0.05, 0.1) is 34.3 Å². The molecule has 0 atom stereocenters. The molecule has 11 heteroatoms. The molecule has 0 aliphatic heterocycles. The predicted molar refractivity (Wildman–Crippen MR) is 132 cm³/mol. The first-order chi connectivity index (χ1) is 16.2. The highest BCUT2D eigenvalue weighted by molar-refractivity contribution is 7.89. The maximum atomic E-state index is 13.2. The molecule has 2 N–H and O–H groups in total. The number of hydrogen-bond donors (Lipinski definition) is 2. The summed E-state index contributed by atoms with van der Waals surface area (Å²) in [5.74, 6) is -0.735. The molecule has 0 radical (unpaired) electrons. The fourth-order valence-electron chi connectivity index (χ4n) is 3.70. The number of pyridine rings is 1. The second-order valence-electron chi connectivity index (χ2n) is 7.65. The van der Waals surface area contributed by atoms with Gasteiger partial charge in [0.2, 0.25) is 10.0 Å². The molecule has 0 bridgehead atoms. The number of nitrogens with zero attached hydrogens (tertiary/aromatic N) is 4. The SMILES string of the molecule is CCN(CC)S(=O)(=O)c1ccc(O)c(NC(=O)c2cc(C)nc3c2cnn3Cc2cccs2)c1. The summed E-state index contributed by atoms with van der Waals surface area (Å²) in [5, 5.41) is 19.9. The number of aryl methyl sites for hydroxylation is 1. The Bertz CT molecular complexity index is 1440. The van der Waals surface area contributed by atoms with Gasteiger partial charge in [-0.3, -0.25) is 4.79 Å². The lowest BCUT2D eigenvalue weighted by molar-refractivity contribution is 0.102. The molecule has 1 amide bonds. The van der Waals surface area contributed by atoms with Gasteiger partial charge < -0.3 is 10.4 Å². The molecule has 1 aromatic carbocycles. The van der Waals surface area contributed by atoms with Crippen LogP contribution < -0.4 is 5.32 Å². The number of benzene rings is 1. The minimum absolute atomic E-state index is 0.00632. The lowest BCUT2D eigenvalue weighted by Crippen LogP contribution is -2.30. The van der Waals surface area contributed by atoms with Gasteiger partial charge in [0, 0.05) is 23.7 Å². The van der Waals surface area contributed by atoms with Crippen LogP contribution in [0.5, 0.6) is 5.75 Å². The molecule has 34 heavy (non-hydrogen) atoms. The quantitative estimate of drug-likeness (QED) is 0.356. The van der Waals surface area contributed by atoms with E-state index in [9.17, 15) is 18.3 Å². The fraction of sp³-hybridized carbons (Fsp3) is 0.261. The molecule has 0 spiro atoms. The molecule has 0 unspecified atom stereocenters. The van der Waals surface area contributed by atoms with Crippen LogP contribution in [0.1, 0.15) is 34.8 Å². The smallest absolute Gasteiger partial charge is 0.256 e. The van der Waals surface area contributed by atoms with Crippen molar-refractivity contribution in [3.8, 4) is 5.75 Å². The number of aromatic nitrogens is 3. The molecule has 0 aliphatic rings. The van der Waals surface area contributed by atoms with Gasteiger partial charge in [-0.1, -0.05) is 19.9 Å². The monoisotopic (exact) mass is 499 g/mol. The van der Waals surface area contributed by atoms with Gasteiger partial charge >= 0.3 is 0 Å². The van der Waals surface area contributed by atoms with E-state index in [1.807, 2.05) is 17.5 Å². The highest BCUT2D eigenvalue weighted by atomic mass is 32.2. The molecular weight excluding hydrogens is 474 g/mol. The number of thiophene rings is 1. The van der Waals surface area contributed by atoms with E-state index in [-0.39, 0.29) is 16.3 Å². The van der Waals surface area contributed by atoms with Crippen LogP contribution in [0.3, 0.4) is 0 Å². The van der Waals surface area contributed by atoms with Crippen molar-refractivity contribution >= 4 is 44.0 Å². The number of phenols is 1. The number of carbonyl (C=O) groups is 1. The first kappa shape index (κ1) is 23.9. The van der Waals surface area contributed by atoms with Crippen LogP contribution in [-0.4, -0.2) is 51.6 Å². The zero-order chi connectivity index (χ0) is 24.5. The van der Waals surface area contributed by atoms with E-state index in [1.165, 1.54) is 22.5 Å². The highest BCUT2D eigenvalue weighted by Gasteiger charge is 2.24. The number of phenolic OH excluding ortho intramolecular Hbond substituents is 1. The summed E-state index contributed by atoms with van der Waals surface area (Å²) in [4.78, 5) is 18.9. The van der Waals surface area contributed by atoms with Crippen molar-refractivity contribution in [2.45, 2.75) is 32.2 Å². The third-order valence-electron chi connectivity index (χ3n) is 5.43. The average molecular weight is 500 g/mol. The van der Waals surface area contributed by atoms with Gasteiger partial charge in [0.1, 0.15) is 5.75 Å². The Morgan fingerprint density at radius 2 is 1.97 bits per heavy atom. The zero-order valence-electron chi connectivity index (χ0n) is 19.0. The van der Waals surface area contributed by atoms with Gasteiger partial charge in [0.15, 0.2) is 5.65 Å². The summed E-state index contributed by atoms with van der Waals surface area (Å²) in [6, 6.07) is 9.46. The lowest BCUT2D eigenvalue weighted by Gasteiger charge is -2.19. The molecule has 0 aliphatic carbocycles. The number of hydrogen-bond acceptors (Lipinski definition) is 7. The van der Waals surface area contributed by atoms with Gasteiger partial charge in [-0.15, -0.1) is 11.3 Å². The molecule has 4 rings (SSSR count). The molecule has 3 aromatic heterocycles. The first-order valence-electron chi connectivity index (χ1n) is 10.7. The van der Waals surface area contributed by atoms with Crippen LogP contribution in [0, 0.1) is 6.92 Å². The topological polar surface area (TPSA) is 117 Å². The Morgan fingerprint density at radius 3 is 2.65 bits per heavy atom. The number of amides is 1. The zero-order valence-corrected chi connectivity index (χ0v) is 20.7. The second-order valence-corrected chi connectivity index (χ2v) is 10.6. The average Bonchev–Trinajstić information content (AvgIpc) is 3.46. The molecule has 9 nitrogen and oxygen atoms in total. The summed E-state index contributed by atoms with van der Waals surface area (Å²) in [7, 11) is -3.76. The number of aromatic hydroxyl groups is 1. The summed E-state index contributed by atoms with van der Waals surface area (Å²) >= 11 is 1.61. The largest absolute Gasteiger partial charge is 0.506 e. The number of fused-ring (bicyclic) bond motifs is 1. The number of anilines is 1. The molecule has 4 aromatic rings. The van der Waals surface area contributed by atoms with E-state index in [0.29, 0.717) is 41.9 Å². The Kier molecular flexibility index (Phi) is 6.69. The van der Waals surface area contributed by atoms with E-state index < -0.39 is 15.9 Å². The second kappa shape index (κ2) is 9.53. The van der Waals surface area contributed by atoms with Crippen LogP contribution in [-0.2, 0) is 16.6 Å². The maximum Gasteiger partial charge on any atom is 0.256 e. The molecule has 178 valence electrons. The summed E-state index contributed by atoms with van der Waals surface area (Å²) < 4.78 is 28.8. The number of nitrogens with one attached hydrogen (secondary N) is 1. The summed E-state index contributed by atoms with van der Waals surface area (Å²) in [6.45, 7) is 6.44. The van der Waals surface area contributed by atoms with Gasteiger partial charge in [-0.25, -0.2) is 18.1 Å². The van der Waals surface area contributed by atoms with Gasteiger partial charge in [0.25, 0.3) is 5.91 Å².